The molecule has 2 heterocycles. The van der Waals surface area contributed by atoms with Crippen molar-refractivity contribution in [1.29, 1.82) is 0 Å². The van der Waals surface area contributed by atoms with Crippen LogP contribution in [0.5, 0.6) is 0 Å². The highest BCUT2D eigenvalue weighted by atomic mass is 16.4. The molecule has 2 N–H and O–H groups in total. The van der Waals surface area contributed by atoms with E-state index in [-0.39, 0.29) is 12.0 Å². The van der Waals surface area contributed by atoms with Gasteiger partial charge >= 0.3 is 5.97 Å². The third kappa shape index (κ3) is 3.61. The molecule has 1 unspecified atom stereocenters. The smallest absolute Gasteiger partial charge is 0.316 e. The molecule has 0 bridgehead atoms. The number of aromatic nitrogens is 2. The lowest BCUT2D eigenvalue weighted by Crippen LogP contribution is -2.29. The minimum absolute atomic E-state index is 0.124. The SMILES string of the molecule is CCC(C(=O)O)C(=O)Nc1ccc2c(=O)n3c(nc2c1)C(=Cc1ccccc1)CC3. The molecular weight excluding hydrogens is 382 g/mol. The number of anilines is 1. The molecule has 1 amide bonds. The largest absolute Gasteiger partial charge is 0.481 e. The number of carboxylic acid groups (broad SMARTS) is 1. The molecule has 4 rings (SSSR count). The van der Waals surface area contributed by atoms with E-state index < -0.39 is 17.8 Å². The summed E-state index contributed by atoms with van der Waals surface area (Å²) < 4.78 is 1.67. The summed E-state index contributed by atoms with van der Waals surface area (Å²) >= 11 is 0. The molecule has 7 nitrogen and oxygen atoms in total. The molecule has 1 aromatic heterocycles. The van der Waals surface area contributed by atoms with Crippen LogP contribution < -0.4 is 10.9 Å². The monoisotopic (exact) mass is 403 g/mol. The van der Waals surface area contributed by atoms with Gasteiger partial charge in [0.1, 0.15) is 11.7 Å². The van der Waals surface area contributed by atoms with Gasteiger partial charge in [-0.05, 0) is 48.3 Å². The number of fused-ring (bicyclic) bond motifs is 2. The zero-order chi connectivity index (χ0) is 21.3. The molecule has 30 heavy (non-hydrogen) atoms. The predicted molar refractivity (Wildman–Crippen MR) is 115 cm³/mol. The van der Waals surface area contributed by atoms with Gasteiger partial charge in [0.2, 0.25) is 5.91 Å². The summed E-state index contributed by atoms with van der Waals surface area (Å²) in [5, 5.41) is 12.2. The summed E-state index contributed by atoms with van der Waals surface area (Å²) in [5.74, 6) is -2.26. The molecule has 3 aromatic rings. The van der Waals surface area contributed by atoms with Gasteiger partial charge in [-0.2, -0.15) is 0 Å². The molecule has 7 heteroatoms. The maximum Gasteiger partial charge on any atom is 0.316 e. The maximum absolute atomic E-state index is 12.9. The molecule has 0 fully saturated rings. The van der Waals surface area contributed by atoms with Crippen molar-refractivity contribution in [2.24, 2.45) is 5.92 Å². The van der Waals surface area contributed by atoms with Crippen molar-refractivity contribution in [3.8, 4) is 0 Å². The molecule has 1 aliphatic heterocycles. The highest BCUT2D eigenvalue weighted by Gasteiger charge is 2.25. The number of rotatable bonds is 5. The van der Waals surface area contributed by atoms with Gasteiger partial charge in [0.05, 0.1) is 10.9 Å². The van der Waals surface area contributed by atoms with Crippen molar-refractivity contribution in [3.05, 3.63) is 70.3 Å². The van der Waals surface area contributed by atoms with E-state index >= 15 is 0 Å². The number of nitrogens with one attached hydrogen (secondary N) is 1. The Labute approximate surface area is 172 Å². The van der Waals surface area contributed by atoms with E-state index in [1.54, 1.807) is 29.7 Å². The number of hydrogen-bond donors (Lipinski definition) is 2. The molecule has 0 spiro atoms. The van der Waals surface area contributed by atoms with Crippen molar-refractivity contribution in [3.63, 3.8) is 0 Å². The normalized spacial score (nSPS) is 15.2. The van der Waals surface area contributed by atoms with Gasteiger partial charge in [-0.3, -0.25) is 19.0 Å². The first-order chi connectivity index (χ1) is 14.5. The van der Waals surface area contributed by atoms with Crippen LogP contribution in [0.4, 0.5) is 5.69 Å². The number of allylic oxidation sites excluding steroid dienone is 1. The average molecular weight is 403 g/mol. The minimum Gasteiger partial charge on any atom is -0.481 e. The first-order valence-electron chi connectivity index (χ1n) is 9.82. The number of hydrogen-bond acceptors (Lipinski definition) is 4. The highest BCUT2D eigenvalue weighted by Crippen LogP contribution is 2.28. The van der Waals surface area contributed by atoms with Gasteiger partial charge in [0.15, 0.2) is 0 Å². The number of benzene rings is 2. The zero-order valence-corrected chi connectivity index (χ0v) is 16.5. The Morgan fingerprint density at radius 2 is 2.00 bits per heavy atom. The average Bonchev–Trinajstić information content (AvgIpc) is 3.12. The Balaban J connectivity index is 1.72. The predicted octanol–water partition coefficient (Wildman–Crippen LogP) is 3.39. The lowest BCUT2D eigenvalue weighted by molar-refractivity contribution is -0.145. The van der Waals surface area contributed by atoms with E-state index in [1.165, 1.54) is 0 Å². The summed E-state index contributed by atoms with van der Waals surface area (Å²) in [6, 6.07) is 14.7. The van der Waals surface area contributed by atoms with Crippen molar-refractivity contribution >= 4 is 40.1 Å². The van der Waals surface area contributed by atoms with Crippen LogP contribution in [0.15, 0.2) is 53.3 Å². The molecule has 152 valence electrons. The fourth-order valence-corrected chi connectivity index (χ4v) is 3.68. The standard InChI is InChI=1S/C23H21N3O4/c1-2-17(23(29)30)21(27)24-16-8-9-18-19(13-16)25-20-15(10-11-26(20)22(18)28)12-14-6-4-3-5-7-14/h3-9,12-13,17H,2,10-11H2,1H3,(H,24,27)(H,29,30). The van der Waals surface area contributed by atoms with E-state index in [9.17, 15) is 14.4 Å². The van der Waals surface area contributed by atoms with E-state index in [0.29, 0.717) is 35.4 Å². The molecule has 0 saturated carbocycles. The molecule has 1 aliphatic rings. The number of nitrogens with zero attached hydrogens (tertiary/aromatic N) is 2. The van der Waals surface area contributed by atoms with Crippen LogP contribution in [-0.4, -0.2) is 26.5 Å². The Morgan fingerprint density at radius 3 is 2.70 bits per heavy atom. The van der Waals surface area contributed by atoms with Crippen molar-refractivity contribution in [2.45, 2.75) is 26.3 Å². The van der Waals surface area contributed by atoms with E-state index in [0.717, 1.165) is 11.1 Å². The van der Waals surface area contributed by atoms with Gasteiger partial charge in [0, 0.05) is 12.2 Å². The first-order valence-corrected chi connectivity index (χ1v) is 9.82. The van der Waals surface area contributed by atoms with Crippen LogP contribution in [0, 0.1) is 5.92 Å². The molecule has 2 aromatic carbocycles. The molecular formula is C23H21N3O4. The Hall–Kier alpha value is -3.74. The van der Waals surface area contributed by atoms with Crippen molar-refractivity contribution < 1.29 is 14.7 Å². The number of carboxylic acids is 1. The lowest BCUT2D eigenvalue weighted by Gasteiger charge is -2.12. The molecule has 0 saturated heterocycles. The van der Waals surface area contributed by atoms with E-state index in [2.05, 4.69) is 10.3 Å². The van der Waals surface area contributed by atoms with Crippen LogP contribution in [0.1, 0.15) is 31.2 Å². The summed E-state index contributed by atoms with van der Waals surface area (Å²) in [5.41, 5.74) is 2.77. The number of carbonyl (C=O) groups excluding carboxylic acids is 1. The van der Waals surface area contributed by atoms with Gasteiger partial charge in [0.25, 0.3) is 5.56 Å². The van der Waals surface area contributed by atoms with Crippen LogP contribution in [-0.2, 0) is 16.1 Å². The van der Waals surface area contributed by atoms with E-state index in [4.69, 9.17) is 5.11 Å². The Bertz CT molecular complexity index is 1230. The fourth-order valence-electron chi connectivity index (χ4n) is 3.68. The minimum atomic E-state index is -1.17. The molecule has 0 aliphatic carbocycles. The summed E-state index contributed by atoms with van der Waals surface area (Å²) in [6.07, 6.45) is 2.94. The quantitative estimate of drug-likeness (QED) is 0.636. The third-order valence-corrected chi connectivity index (χ3v) is 5.28. The second kappa shape index (κ2) is 7.94. The van der Waals surface area contributed by atoms with Crippen LogP contribution >= 0.6 is 0 Å². The van der Waals surface area contributed by atoms with E-state index in [1.807, 2.05) is 36.4 Å². The van der Waals surface area contributed by atoms with Crippen LogP contribution in [0.25, 0.3) is 22.6 Å². The summed E-state index contributed by atoms with van der Waals surface area (Å²) in [7, 11) is 0. The topological polar surface area (TPSA) is 101 Å². The van der Waals surface area contributed by atoms with Crippen LogP contribution in [0.3, 0.4) is 0 Å². The Kier molecular flexibility index (Phi) is 5.18. The number of carbonyl (C=O) groups is 2. The maximum atomic E-state index is 12.9. The first kappa shape index (κ1) is 19.6. The number of aliphatic carboxylic acids is 1. The summed E-state index contributed by atoms with van der Waals surface area (Å²) in [4.78, 5) is 41.1. The van der Waals surface area contributed by atoms with Crippen LogP contribution in [0.2, 0.25) is 0 Å². The van der Waals surface area contributed by atoms with Crippen molar-refractivity contribution in [1.82, 2.24) is 9.55 Å². The zero-order valence-electron chi connectivity index (χ0n) is 16.5. The molecule has 0 radical (unpaired) electrons. The van der Waals surface area contributed by atoms with Gasteiger partial charge in [-0.25, -0.2) is 4.98 Å². The highest BCUT2D eigenvalue weighted by molar-refractivity contribution is 6.04. The fraction of sp³-hybridized carbons (Fsp3) is 0.217. The summed E-state index contributed by atoms with van der Waals surface area (Å²) in [6.45, 7) is 2.22. The molecule has 1 atom stereocenters. The van der Waals surface area contributed by atoms with Gasteiger partial charge < -0.3 is 10.4 Å². The second-order valence-corrected chi connectivity index (χ2v) is 7.24. The second-order valence-electron chi connectivity index (χ2n) is 7.24. The lowest BCUT2D eigenvalue weighted by atomic mass is 10.1. The van der Waals surface area contributed by atoms with Gasteiger partial charge in [-0.15, -0.1) is 0 Å². The third-order valence-electron chi connectivity index (χ3n) is 5.28. The van der Waals surface area contributed by atoms with Gasteiger partial charge in [-0.1, -0.05) is 37.3 Å². The number of amides is 1. The Morgan fingerprint density at radius 1 is 1.23 bits per heavy atom. The van der Waals surface area contributed by atoms with Crippen molar-refractivity contribution in [2.75, 3.05) is 5.32 Å².